The van der Waals surface area contributed by atoms with Crippen LogP contribution in [0, 0.1) is 13.0 Å². The highest BCUT2D eigenvalue weighted by Gasteiger charge is 2.21. The number of hydrogen-bond donors (Lipinski definition) is 4. The Morgan fingerprint density at radius 1 is 0.825 bits per heavy atom. The number of aromatic amines is 1. The number of aryl methyl sites for hydroxylation is 7. The van der Waals surface area contributed by atoms with Crippen molar-refractivity contribution >= 4 is 67.4 Å². The van der Waals surface area contributed by atoms with Crippen molar-refractivity contribution in [2.75, 3.05) is 29.3 Å². The van der Waals surface area contributed by atoms with Crippen molar-refractivity contribution in [1.82, 2.24) is 58.4 Å². The number of nitrogens with one attached hydrogen (secondary N) is 4. The minimum Gasteiger partial charge on any atom is -0.369 e. The third-order valence-electron chi connectivity index (χ3n) is 9.84. The van der Waals surface area contributed by atoms with E-state index in [4.69, 9.17) is 4.84 Å². The molecule has 0 atom stereocenters. The van der Waals surface area contributed by atoms with Crippen LogP contribution in [0.2, 0.25) is 0 Å². The predicted molar refractivity (Wildman–Crippen MR) is 215 cm³/mol. The van der Waals surface area contributed by atoms with Crippen molar-refractivity contribution < 1.29 is 14.0 Å². The molecule has 0 aliphatic carbocycles. The highest BCUT2D eigenvalue weighted by Crippen LogP contribution is 2.30. The number of anilines is 3. The van der Waals surface area contributed by atoms with Crippen LogP contribution >= 0.6 is 0 Å². The number of hydrogen-bond acceptors (Lipinski definition) is 12. The van der Waals surface area contributed by atoms with E-state index >= 15 is 0 Å². The van der Waals surface area contributed by atoms with Crippen molar-refractivity contribution in [3.8, 4) is 0 Å². The van der Waals surface area contributed by atoms with Crippen molar-refractivity contribution in [3.63, 3.8) is 0 Å². The van der Waals surface area contributed by atoms with E-state index in [2.05, 4.69) is 77.6 Å². The molecule has 18 nitrogen and oxygen atoms in total. The highest BCUT2D eigenvalue weighted by molar-refractivity contribution is 6.01. The summed E-state index contributed by atoms with van der Waals surface area (Å²) in [4.78, 5) is 55.1. The summed E-state index contributed by atoms with van der Waals surface area (Å²) in [6.07, 6.45) is 12.8. The first-order chi connectivity index (χ1) is 27.1. The Hall–Kier alpha value is -6.76. The number of nitrogens with zero attached hydrogens (tertiary/aromatic N) is 11. The van der Waals surface area contributed by atoms with E-state index in [0.717, 1.165) is 65.3 Å². The lowest BCUT2D eigenvalue weighted by molar-refractivity contribution is -0.116. The van der Waals surface area contributed by atoms with Crippen LogP contribution in [0.5, 0.6) is 0 Å². The van der Waals surface area contributed by atoms with Crippen LogP contribution in [0.1, 0.15) is 42.8 Å². The van der Waals surface area contributed by atoms with Gasteiger partial charge in [0.1, 0.15) is 35.6 Å². The van der Waals surface area contributed by atoms with E-state index in [1.165, 1.54) is 39.8 Å². The second-order valence-electron chi connectivity index (χ2n) is 13.7. The quantitative estimate of drug-likeness (QED) is 0.169. The smallest absolute Gasteiger partial charge is 0.290 e. The first-order valence-electron chi connectivity index (χ1n) is 18.1. The Morgan fingerprint density at radius 2 is 1.54 bits per heavy atom. The summed E-state index contributed by atoms with van der Waals surface area (Å²) in [6.45, 7) is 3.45. The van der Waals surface area contributed by atoms with Crippen LogP contribution in [0.3, 0.4) is 0 Å². The number of halogens is 1. The van der Waals surface area contributed by atoms with Gasteiger partial charge in [-0.05, 0) is 43.0 Å². The normalized spacial score (nSPS) is 14.0. The zero-order chi connectivity index (χ0) is 39.1. The SMILES string of the molecule is C.Cc1cc2c(nc(F)n2C)c(=O)[nH]1.Cn1cc2c3c(ccnc31)NOCC2.Cn1cc2c3c(ncnc31)NCCC2.Cn1nc2c3c(ncnc31)NC(=O)CC2. The van der Waals surface area contributed by atoms with Crippen molar-refractivity contribution in [1.29, 1.82) is 0 Å². The molecule has 0 saturated carbocycles. The highest BCUT2D eigenvalue weighted by atomic mass is 19.1. The van der Waals surface area contributed by atoms with Crippen molar-refractivity contribution in [2.24, 2.45) is 28.2 Å². The second kappa shape index (κ2) is 15.8. The molecule has 296 valence electrons. The van der Waals surface area contributed by atoms with Gasteiger partial charge in [-0.25, -0.2) is 24.9 Å². The molecule has 19 heteroatoms. The molecule has 0 aromatic carbocycles. The molecule has 3 aliphatic rings. The van der Waals surface area contributed by atoms with Crippen LogP contribution < -0.4 is 21.7 Å². The Balaban J connectivity index is 0.000000116. The number of carbonyl (C=O) groups is 1. The number of rotatable bonds is 0. The molecule has 0 spiro atoms. The standard InChI is InChI=1S/C10H12N4.C10H11N3O.C9H9N5O.C8H8FN3O.CH4/c1-14-5-7-3-2-4-11-9-8(7)10(14)13-6-12-9;1-13-6-7-3-5-14-12-8-2-4-11-10(13)9(7)8;1-14-9-7-5(13-14)2-3-6(15)12-8(7)10-4-11-9;1-4-3-5-6(7(13)10-4)11-8(9)12(5)2;/h5-6H,2-4H2,1H3,(H,11,12,13);2,4,6,12H,3,5H2,1H3;4H,2-3H2,1H3,(H,10,11,12,15);3H,1-2H3,(H,10,13);1H4. The van der Waals surface area contributed by atoms with Crippen LogP contribution in [-0.2, 0) is 57.1 Å². The molecule has 3 aliphatic heterocycles. The molecule has 57 heavy (non-hydrogen) atoms. The molecule has 1 amide bonds. The van der Waals surface area contributed by atoms with E-state index in [1.807, 2.05) is 27.2 Å². The minimum absolute atomic E-state index is 0. The molecule has 8 aromatic rings. The lowest BCUT2D eigenvalue weighted by Crippen LogP contribution is -2.11. The third-order valence-corrected chi connectivity index (χ3v) is 9.84. The van der Waals surface area contributed by atoms with E-state index in [0.29, 0.717) is 36.5 Å². The summed E-state index contributed by atoms with van der Waals surface area (Å²) in [5.74, 6) is 1.55. The number of fused-ring (bicyclic) bond motifs is 1. The molecule has 0 fully saturated rings. The largest absolute Gasteiger partial charge is 0.369 e. The average molecular weight is 778 g/mol. The average Bonchev–Trinajstić information content (AvgIpc) is 3.74. The summed E-state index contributed by atoms with van der Waals surface area (Å²) >= 11 is 0. The summed E-state index contributed by atoms with van der Waals surface area (Å²) in [5, 5.41) is 13.7. The number of carbonyl (C=O) groups excluding carboxylic acids is 1. The Bertz CT molecular complexity index is 2740. The van der Waals surface area contributed by atoms with E-state index in [-0.39, 0.29) is 24.4 Å². The van der Waals surface area contributed by atoms with Crippen LogP contribution in [0.15, 0.2) is 48.2 Å². The van der Waals surface area contributed by atoms with Gasteiger partial charge in [-0.3, -0.25) is 24.6 Å². The van der Waals surface area contributed by atoms with Gasteiger partial charge in [0.15, 0.2) is 11.2 Å². The fourth-order valence-electron chi connectivity index (χ4n) is 7.22. The van der Waals surface area contributed by atoms with Crippen molar-refractivity contribution in [2.45, 2.75) is 46.5 Å². The zero-order valence-corrected chi connectivity index (χ0v) is 31.5. The van der Waals surface area contributed by atoms with Gasteiger partial charge in [-0.1, -0.05) is 7.43 Å². The van der Waals surface area contributed by atoms with Gasteiger partial charge >= 0.3 is 0 Å². The van der Waals surface area contributed by atoms with E-state index in [9.17, 15) is 14.0 Å². The zero-order valence-electron chi connectivity index (χ0n) is 31.5. The summed E-state index contributed by atoms with van der Waals surface area (Å²) in [7, 11) is 7.42. The molecule has 11 heterocycles. The van der Waals surface area contributed by atoms with Crippen LogP contribution in [0.4, 0.5) is 21.7 Å². The molecule has 0 saturated heterocycles. The van der Waals surface area contributed by atoms with Gasteiger partial charge in [-0.15, -0.1) is 0 Å². The molecule has 0 bridgehead atoms. The fourth-order valence-corrected chi connectivity index (χ4v) is 7.22. The molecule has 11 rings (SSSR count). The molecule has 0 unspecified atom stereocenters. The molecular formula is C38H44FN15O3. The maximum absolute atomic E-state index is 12.9. The number of aromatic nitrogens is 12. The van der Waals surface area contributed by atoms with Gasteiger partial charge in [-0.2, -0.15) is 14.5 Å². The third kappa shape index (κ3) is 7.35. The second-order valence-corrected chi connectivity index (χ2v) is 13.7. The molecular weight excluding hydrogens is 734 g/mol. The minimum atomic E-state index is -0.647. The molecule has 4 N–H and O–H groups in total. The van der Waals surface area contributed by atoms with Gasteiger partial charge in [0, 0.05) is 83.7 Å². The fraction of sp³-hybridized carbons (Fsp3) is 0.342. The van der Waals surface area contributed by atoms with Gasteiger partial charge in [0.25, 0.3) is 11.6 Å². The number of H-pyrrole nitrogens is 1. The topological polar surface area (TPSA) is 205 Å². The van der Waals surface area contributed by atoms with Crippen molar-refractivity contribution in [3.05, 3.63) is 82.3 Å². The summed E-state index contributed by atoms with van der Waals surface area (Å²) < 4.78 is 20.0. The van der Waals surface area contributed by atoms with Crippen LogP contribution in [0.25, 0.3) is 44.1 Å². The first-order valence-corrected chi connectivity index (χ1v) is 18.1. The maximum atomic E-state index is 12.9. The van der Waals surface area contributed by atoms with Gasteiger partial charge in [0.2, 0.25) is 5.91 Å². The maximum Gasteiger partial charge on any atom is 0.290 e. The lowest BCUT2D eigenvalue weighted by atomic mass is 10.1. The summed E-state index contributed by atoms with van der Waals surface area (Å²) in [6, 6.07) is 3.63. The Morgan fingerprint density at radius 3 is 2.33 bits per heavy atom. The Labute approximate surface area is 325 Å². The monoisotopic (exact) mass is 777 g/mol. The van der Waals surface area contributed by atoms with Gasteiger partial charge in [0.05, 0.1) is 34.3 Å². The first kappa shape index (κ1) is 38.5. The number of pyridine rings is 2. The van der Waals surface area contributed by atoms with E-state index < -0.39 is 6.08 Å². The van der Waals surface area contributed by atoms with E-state index in [1.54, 1.807) is 30.2 Å². The number of imidazole rings is 1. The molecule has 8 aromatic heterocycles. The number of amides is 1. The van der Waals surface area contributed by atoms with Crippen LogP contribution in [-0.4, -0.2) is 77.4 Å². The Kier molecular flexibility index (Phi) is 10.7. The summed E-state index contributed by atoms with van der Waals surface area (Å²) in [5.41, 5.74) is 11.3. The molecule has 0 radical (unpaired) electrons. The predicted octanol–water partition coefficient (Wildman–Crippen LogP) is 4.39. The lowest BCUT2D eigenvalue weighted by Gasteiger charge is -2.04. The van der Waals surface area contributed by atoms with Gasteiger partial charge < -0.3 is 29.3 Å².